The highest BCUT2D eigenvalue weighted by molar-refractivity contribution is 4.86. The number of likely N-dealkylation sites (N-methyl/N-ethyl adjacent to an activating group) is 1. The van der Waals surface area contributed by atoms with Crippen molar-refractivity contribution in [2.24, 2.45) is 11.7 Å². The number of methoxy groups -OCH3 is 1. The van der Waals surface area contributed by atoms with Crippen LogP contribution in [-0.4, -0.2) is 44.3 Å². The Bertz CT molecular complexity index is 117. The van der Waals surface area contributed by atoms with Gasteiger partial charge >= 0.3 is 0 Å². The van der Waals surface area contributed by atoms with Gasteiger partial charge in [0.25, 0.3) is 0 Å². The van der Waals surface area contributed by atoms with E-state index in [0.29, 0.717) is 5.92 Å². The van der Waals surface area contributed by atoms with E-state index >= 15 is 0 Å². The summed E-state index contributed by atoms with van der Waals surface area (Å²) in [6, 6.07) is 0.175. The summed E-state index contributed by atoms with van der Waals surface area (Å²) in [6.45, 7) is 4.22. The van der Waals surface area contributed by atoms with Crippen LogP contribution in [0.4, 0.5) is 0 Å². The molecule has 0 saturated carbocycles. The molecule has 3 nitrogen and oxygen atoms in total. The number of nitrogens with two attached hydrogens (primary N) is 1. The molecule has 3 heteroatoms. The molecule has 2 N–H and O–H groups in total. The third-order valence-electron chi connectivity index (χ3n) is 2.38. The van der Waals surface area contributed by atoms with Crippen molar-refractivity contribution in [2.75, 3.05) is 27.2 Å². The Morgan fingerprint density at radius 1 is 1.45 bits per heavy atom. The number of piperidine rings is 1. The van der Waals surface area contributed by atoms with Crippen LogP contribution in [0.3, 0.4) is 0 Å². The number of nitrogens with zero attached hydrogens (tertiary/aromatic N) is 1. The molecule has 0 amide bonds. The SMILES string of the molecule is CO[C@@H]1[C@H](N)CN(C)C[C@@H]1C. The minimum Gasteiger partial charge on any atom is -0.379 e. The molecule has 0 aromatic heterocycles. The zero-order valence-electron chi connectivity index (χ0n) is 7.58. The van der Waals surface area contributed by atoms with Crippen LogP contribution < -0.4 is 5.73 Å². The van der Waals surface area contributed by atoms with Gasteiger partial charge in [-0.2, -0.15) is 0 Å². The van der Waals surface area contributed by atoms with Gasteiger partial charge in [-0.1, -0.05) is 6.92 Å². The molecule has 1 heterocycles. The van der Waals surface area contributed by atoms with Gasteiger partial charge in [-0.05, 0) is 13.0 Å². The normalized spacial score (nSPS) is 40.9. The van der Waals surface area contributed by atoms with Crippen LogP contribution in [0, 0.1) is 5.92 Å². The van der Waals surface area contributed by atoms with Crippen molar-refractivity contribution in [1.82, 2.24) is 4.90 Å². The highest BCUT2D eigenvalue weighted by Crippen LogP contribution is 2.16. The number of hydrogen-bond acceptors (Lipinski definition) is 3. The molecule has 1 aliphatic rings. The van der Waals surface area contributed by atoms with Crippen LogP contribution in [0.5, 0.6) is 0 Å². The fraction of sp³-hybridized carbons (Fsp3) is 1.00. The molecule has 0 bridgehead atoms. The first-order chi connectivity index (χ1) is 5.15. The zero-order chi connectivity index (χ0) is 8.43. The lowest BCUT2D eigenvalue weighted by molar-refractivity contribution is -0.00783. The minimum absolute atomic E-state index is 0.175. The summed E-state index contributed by atoms with van der Waals surface area (Å²) in [5.41, 5.74) is 5.90. The van der Waals surface area contributed by atoms with E-state index < -0.39 is 0 Å². The summed E-state index contributed by atoms with van der Waals surface area (Å²) < 4.78 is 5.31. The Balaban J connectivity index is 2.52. The highest BCUT2D eigenvalue weighted by Gasteiger charge is 2.30. The van der Waals surface area contributed by atoms with Crippen molar-refractivity contribution >= 4 is 0 Å². The fourth-order valence-electron chi connectivity index (χ4n) is 1.96. The van der Waals surface area contributed by atoms with Crippen molar-refractivity contribution in [1.29, 1.82) is 0 Å². The first kappa shape index (κ1) is 8.97. The molecule has 0 spiro atoms. The molecule has 0 aromatic carbocycles. The molecule has 66 valence electrons. The summed E-state index contributed by atoms with van der Waals surface area (Å²) in [5.74, 6) is 0.550. The quantitative estimate of drug-likeness (QED) is 0.579. The summed E-state index contributed by atoms with van der Waals surface area (Å²) in [7, 11) is 3.84. The second kappa shape index (κ2) is 3.52. The lowest BCUT2D eigenvalue weighted by Crippen LogP contribution is -2.54. The van der Waals surface area contributed by atoms with Gasteiger partial charge in [-0.3, -0.25) is 0 Å². The average molecular weight is 158 g/mol. The monoisotopic (exact) mass is 158 g/mol. The molecule has 1 fully saturated rings. The molecular weight excluding hydrogens is 140 g/mol. The van der Waals surface area contributed by atoms with Gasteiger partial charge < -0.3 is 15.4 Å². The van der Waals surface area contributed by atoms with Gasteiger partial charge in [0.05, 0.1) is 6.10 Å². The van der Waals surface area contributed by atoms with E-state index in [1.807, 2.05) is 0 Å². The van der Waals surface area contributed by atoms with Gasteiger partial charge in [-0.25, -0.2) is 0 Å². The van der Waals surface area contributed by atoms with Gasteiger partial charge in [0.1, 0.15) is 0 Å². The maximum atomic E-state index is 5.90. The molecule has 11 heavy (non-hydrogen) atoms. The second-order valence-electron chi connectivity index (χ2n) is 3.56. The molecule has 3 atom stereocenters. The van der Waals surface area contributed by atoms with E-state index in [9.17, 15) is 0 Å². The molecule has 1 aliphatic heterocycles. The smallest absolute Gasteiger partial charge is 0.0772 e. The third kappa shape index (κ3) is 1.92. The predicted molar refractivity (Wildman–Crippen MR) is 45.4 cm³/mol. The van der Waals surface area contributed by atoms with Crippen molar-refractivity contribution in [3.05, 3.63) is 0 Å². The van der Waals surface area contributed by atoms with E-state index in [1.165, 1.54) is 0 Å². The summed E-state index contributed by atoms with van der Waals surface area (Å²) in [5, 5.41) is 0. The third-order valence-corrected chi connectivity index (χ3v) is 2.38. The number of ether oxygens (including phenoxy) is 1. The maximum Gasteiger partial charge on any atom is 0.0772 e. The van der Waals surface area contributed by atoms with Crippen molar-refractivity contribution in [2.45, 2.75) is 19.1 Å². The Morgan fingerprint density at radius 2 is 2.09 bits per heavy atom. The zero-order valence-corrected chi connectivity index (χ0v) is 7.58. The topological polar surface area (TPSA) is 38.5 Å². The van der Waals surface area contributed by atoms with Crippen LogP contribution in [0.15, 0.2) is 0 Å². The van der Waals surface area contributed by atoms with Gasteiger partial charge in [0.2, 0.25) is 0 Å². The Hall–Kier alpha value is -0.120. The minimum atomic E-state index is 0.175. The number of hydrogen-bond donors (Lipinski definition) is 1. The van der Waals surface area contributed by atoms with Crippen LogP contribution in [0.1, 0.15) is 6.92 Å². The summed E-state index contributed by atoms with van der Waals surface area (Å²) >= 11 is 0. The van der Waals surface area contributed by atoms with Crippen LogP contribution >= 0.6 is 0 Å². The predicted octanol–water partition coefficient (Wildman–Crippen LogP) is -0.0898. The second-order valence-corrected chi connectivity index (χ2v) is 3.56. The van der Waals surface area contributed by atoms with E-state index in [0.717, 1.165) is 13.1 Å². The fourth-order valence-corrected chi connectivity index (χ4v) is 1.96. The number of rotatable bonds is 1. The molecule has 0 aliphatic carbocycles. The average Bonchev–Trinajstić information content (AvgIpc) is 1.85. The molecule has 0 aromatic rings. The first-order valence-corrected chi connectivity index (χ1v) is 4.12. The molecule has 0 unspecified atom stereocenters. The largest absolute Gasteiger partial charge is 0.379 e. The molecular formula is C8H18N2O. The lowest BCUT2D eigenvalue weighted by Gasteiger charge is -2.38. The summed E-state index contributed by atoms with van der Waals surface area (Å²) in [6.07, 6.45) is 0.242. The van der Waals surface area contributed by atoms with Gasteiger partial charge in [0.15, 0.2) is 0 Å². The first-order valence-electron chi connectivity index (χ1n) is 4.12. The number of likely N-dealkylation sites (tertiary alicyclic amines) is 1. The van der Waals surface area contributed by atoms with Crippen molar-refractivity contribution in [3.8, 4) is 0 Å². The molecule has 1 saturated heterocycles. The van der Waals surface area contributed by atoms with Crippen LogP contribution in [0.2, 0.25) is 0 Å². The lowest BCUT2D eigenvalue weighted by atomic mass is 9.93. The van der Waals surface area contributed by atoms with Crippen LogP contribution in [-0.2, 0) is 4.74 Å². The van der Waals surface area contributed by atoms with Gasteiger partial charge in [0, 0.05) is 26.2 Å². The van der Waals surface area contributed by atoms with Crippen molar-refractivity contribution in [3.63, 3.8) is 0 Å². The van der Waals surface area contributed by atoms with Gasteiger partial charge in [-0.15, -0.1) is 0 Å². The maximum absolute atomic E-state index is 5.90. The Kier molecular flexibility index (Phi) is 2.87. The van der Waals surface area contributed by atoms with Crippen LogP contribution in [0.25, 0.3) is 0 Å². The van der Waals surface area contributed by atoms with E-state index in [2.05, 4.69) is 18.9 Å². The van der Waals surface area contributed by atoms with E-state index in [1.54, 1.807) is 7.11 Å². The van der Waals surface area contributed by atoms with E-state index in [4.69, 9.17) is 10.5 Å². The highest BCUT2D eigenvalue weighted by atomic mass is 16.5. The molecule has 0 radical (unpaired) electrons. The summed E-state index contributed by atoms with van der Waals surface area (Å²) in [4.78, 5) is 2.25. The Morgan fingerprint density at radius 3 is 2.55 bits per heavy atom. The Labute approximate surface area is 68.5 Å². The van der Waals surface area contributed by atoms with E-state index in [-0.39, 0.29) is 12.1 Å². The van der Waals surface area contributed by atoms with Crippen molar-refractivity contribution < 1.29 is 4.74 Å². The standard InChI is InChI=1S/C8H18N2O/c1-6-4-10(2)5-7(9)8(6)11-3/h6-8H,4-5,9H2,1-3H3/t6-,7+,8-/m0/s1. The molecule has 1 rings (SSSR count).